The van der Waals surface area contributed by atoms with E-state index in [9.17, 15) is 8.42 Å². The maximum Gasteiger partial charge on any atom is 0.218 e. The predicted molar refractivity (Wildman–Crippen MR) is 78.1 cm³/mol. The largest absolute Gasteiger partial charge is 0.476 e. The summed E-state index contributed by atoms with van der Waals surface area (Å²) >= 11 is 0. The van der Waals surface area contributed by atoms with Gasteiger partial charge in [-0.2, -0.15) is 4.98 Å². The molecular weight excluding hydrogens is 296 g/mol. The highest BCUT2D eigenvalue weighted by Crippen LogP contribution is 2.18. The van der Waals surface area contributed by atoms with Crippen molar-refractivity contribution in [3.63, 3.8) is 0 Å². The molecule has 1 saturated heterocycles. The van der Waals surface area contributed by atoms with Crippen molar-refractivity contribution in [1.29, 1.82) is 0 Å². The molecule has 1 N–H and O–H groups in total. The predicted octanol–water partition coefficient (Wildman–Crippen LogP) is -0.450. The molecule has 0 unspecified atom stereocenters. The van der Waals surface area contributed by atoms with Gasteiger partial charge in [0.05, 0.1) is 19.5 Å². The molecule has 1 aliphatic rings. The van der Waals surface area contributed by atoms with Gasteiger partial charge in [-0.25, -0.2) is 18.1 Å². The molecule has 0 amide bonds. The Morgan fingerprint density at radius 2 is 2.10 bits per heavy atom. The Balaban J connectivity index is 1.95. The summed E-state index contributed by atoms with van der Waals surface area (Å²) in [6.07, 6.45) is 1.11. The van der Waals surface area contributed by atoms with Gasteiger partial charge >= 0.3 is 0 Å². The Bertz CT molecular complexity index is 573. The van der Waals surface area contributed by atoms with E-state index in [1.165, 1.54) is 0 Å². The fourth-order valence-corrected chi connectivity index (χ4v) is 2.39. The fourth-order valence-electron chi connectivity index (χ4n) is 1.94. The van der Waals surface area contributed by atoms with Gasteiger partial charge < -0.3 is 14.4 Å². The van der Waals surface area contributed by atoms with Crippen LogP contribution in [0.4, 0.5) is 5.82 Å². The molecule has 1 aromatic heterocycles. The zero-order valence-corrected chi connectivity index (χ0v) is 13.0. The molecule has 0 radical (unpaired) electrons. The minimum absolute atomic E-state index is 0.203. The third-order valence-electron chi connectivity index (χ3n) is 2.85. The molecule has 1 aliphatic heterocycles. The lowest BCUT2D eigenvalue weighted by Crippen LogP contribution is -2.37. The van der Waals surface area contributed by atoms with Crippen LogP contribution in [0.25, 0.3) is 0 Å². The van der Waals surface area contributed by atoms with E-state index in [4.69, 9.17) is 9.47 Å². The van der Waals surface area contributed by atoms with E-state index in [0.29, 0.717) is 24.9 Å². The zero-order chi connectivity index (χ0) is 15.3. The van der Waals surface area contributed by atoms with Crippen LogP contribution in [0.3, 0.4) is 0 Å². The van der Waals surface area contributed by atoms with Gasteiger partial charge in [-0.05, 0) is 6.92 Å². The summed E-state index contributed by atoms with van der Waals surface area (Å²) < 4.78 is 35.0. The number of anilines is 1. The van der Waals surface area contributed by atoms with E-state index < -0.39 is 10.0 Å². The van der Waals surface area contributed by atoms with Crippen molar-refractivity contribution >= 4 is 15.8 Å². The normalized spacial score (nSPS) is 16.0. The molecule has 9 heteroatoms. The summed E-state index contributed by atoms with van der Waals surface area (Å²) in [6, 6.07) is 1.76. The Kier molecular flexibility index (Phi) is 5.32. The Labute approximate surface area is 124 Å². The van der Waals surface area contributed by atoms with Crippen LogP contribution in [-0.4, -0.2) is 64.1 Å². The summed E-state index contributed by atoms with van der Waals surface area (Å²) in [5, 5.41) is 0. The number of nitrogens with zero attached hydrogens (tertiary/aromatic N) is 3. The molecule has 0 spiro atoms. The SMILES string of the molecule is Cc1nc(OCCNS(C)(=O)=O)cc(N2CCOCC2)n1. The summed E-state index contributed by atoms with van der Waals surface area (Å²) in [5.41, 5.74) is 0. The highest BCUT2D eigenvalue weighted by molar-refractivity contribution is 7.88. The molecule has 1 aromatic rings. The lowest BCUT2D eigenvalue weighted by atomic mass is 10.4. The number of nitrogens with one attached hydrogen (secondary N) is 1. The van der Waals surface area contributed by atoms with Crippen molar-refractivity contribution < 1.29 is 17.9 Å². The molecular formula is C12H20N4O4S. The molecule has 0 aromatic carbocycles. The summed E-state index contributed by atoms with van der Waals surface area (Å²) in [7, 11) is -3.20. The molecule has 0 bridgehead atoms. The van der Waals surface area contributed by atoms with Crippen LogP contribution in [0.15, 0.2) is 6.07 Å². The zero-order valence-electron chi connectivity index (χ0n) is 12.2. The molecule has 2 rings (SSSR count). The number of rotatable bonds is 6. The number of morpholine rings is 1. The van der Waals surface area contributed by atoms with Crippen LogP contribution in [0, 0.1) is 6.92 Å². The smallest absolute Gasteiger partial charge is 0.218 e. The third-order valence-corrected chi connectivity index (χ3v) is 3.58. The van der Waals surface area contributed by atoms with E-state index in [1.54, 1.807) is 13.0 Å². The maximum absolute atomic E-state index is 10.9. The van der Waals surface area contributed by atoms with Crippen LogP contribution in [0.5, 0.6) is 5.88 Å². The van der Waals surface area contributed by atoms with Crippen molar-refractivity contribution in [3.8, 4) is 5.88 Å². The van der Waals surface area contributed by atoms with Crippen molar-refractivity contribution in [2.75, 3.05) is 50.6 Å². The topological polar surface area (TPSA) is 93.6 Å². The van der Waals surface area contributed by atoms with Crippen molar-refractivity contribution in [2.24, 2.45) is 0 Å². The molecule has 8 nitrogen and oxygen atoms in total. The standard InChI is InChI=1S/C12H20N4O4S/c1-10-14-11(16-4-7-19-8-5-16)9-12(15-10)20-6-3-13-21(2,17)18/h9,13H,3-8H2,1-2H3. The van der Waals surface area contributed by atoms with Crippen molar-refractivity contribution in [2.45, 2.75) is 6.92 Å². The Morgan fingerprint density at radius 3 is 2.76 bits per heavy atom. The number of hydrogen-bond donors (Lipinski definition) is 1. The lowest BCUT2D eigenvalue weighted by molar-refractivity contribution is 0.122. The average Bonchev–Trinajstić information content (AvgIpc) is 2.43. The van der Waals surface area contributed by atoms with Crippen LogP contribution in [0.2, 0.25) is 0 Å². The van der Waals surface area contributed by atoms with Gasteiger partial charge in [0, 0.05) is 25.7 Å². The number of sulfonamides is 1. The molecule has 0 aliphatic carbocycles. The average molecular weight is 316 g/mol. The second-order valence-corrected chi connectivity index (χ2v) is 6.56. The van der Waals surface area contributed by atoms with Gasteiger partial charge in [0.25, 0.3) is 0 Å². The number of hydrogen-bond acceptors (Lipinski definition) is 7. The van der Waals surface area contributed by atoms with E-state index in [1.807, 2.05) is 0 Å². The van der Waals surface area contributed by atoms with Crippen molar-refractivity contribution in [1.82, 2.24) is 14.7 Å². The maximum atomic E-state index is 10.9. The fraction of sp³-hybridized carbons (Fsp3) is 0.667. The minimum atomic E-state index is -3.20. The lowest BCUT2D eigenvalue weighted by Gasteiger charge is -2.28. The van der Waals surface area contributed by atoms with Gasteiger partial charge in [-0.3, -0.25) is 0 Å². The monoisotopic (exact) mass is 316 g/mol. The van der Waals surface area contributed by atoms with Gasteiger partial charge in [-0.15, -0.1) is 0 Å². The van der Waals surface area contributed by atoms with Gasteiger partial charge in [0.1, 0.15) is 18.2 Å². The van der Waals surface area contributed by atoms with Crippen molar-refractivity contribution in [3.05, 3.63) is 11.9 Å². The van der Waals surface area contributed by atoms with Gasteiger partial charge in [0.15, 0.2) is 0 Å². The van der Waals surface area contributed by atoms with E-state index in [2.05, 4.69) is 19.6 Å². The number of aromatic nitrogens is 2. The number of ether oxygens (including phenoxy) is 2. The highest BCUT2D eigenvalue weighted by atomic mass is 32.2. The van der Waals surface area contributed by atoms with Crippen LogP contribution in [0.1, 0.15) is 5.82 Å². The molecule has 0 atom stereocenters. The Morgan fingerprint density at radius 1 is 1.38 bits per heavy atom. The molecule has 21 heavy (non-hydrogen) atoms. The van der Waals surface area contributed by atoms with Gasteiger partial charge in [-0.1, -0.05) is 0 Å². The quantitative estimate of drug-likeness (QED) is 0.710. The van der Waals surface area contributed by atoms with E-state index in [-0.39, 0.29) is 13.2 Å². The van der Waals surface area contributed by atoms with Crippen LogP contribution >= 0.6 is 0 Å². The first-order valence-electron chi connectivity index (χ1n) is 6.70. The second kappa shape index (κ2) is 7.01. The molecule has 0 saturated carbocycles. The second-order valence-electron chi connectivity index (χ2n) is 4.73. The van der Waals surface area contributed by atoms with E-state index in [0.717, 1.165) is 25.2 Å². The highest BCUT2D eigenvalue weighted by Gasteiger charge is 2.14. The molecule has 2 heterocycles. The van der Waals surface area contributed by atoms with Crippen LogP contribution < -0.4 is 14.4 Å². The van der Waals surface area contributed by atoms with Gasteiger partial charge in [0.2, 0.25) is 15.9 Å². The van der Waals surface area contributed by atoms with Crippen LogP contribution in [-0.2, 0) is 14.8 Å². The third kappa shape index (κ3) is 5.44. The number of aryl methyl sites for hydroxylation is 1. The first kappa shape index (κ1) is 15.9. The summed E-state index contributed by atoms with van der Waals surface area (Å²) in [6.45, 7) is 5.14. The van der Waals surface area contributed by atoms with E-state index >= 15 is 0 Å². The molecule has 1 fully saturated rings. The first-order valence-corrected chi connectivity index (χ1v) is 8.59. The summed E-state index contributed by atoms with van der Waals surface area (Å²) in [4.78, 5) is 10.7. The summed E-state index contributed by atoms with van der Waals surface area (Å²) in [5.74, 6) is 1.86. The minimum Gasteiger partial charge on any atom is -0.476 e. The molecule has 118 valence electrons. The first-order chi connectivity index (χ1) is 9.94. The Hall–Kier alpha value is -1.45.